The van der Waals surface area contributed by atoms with Crippen molar-refractivity contribution >= 4 is 12.4 Å². The molecule has 1 saturated heterocycles. The predicted octanol–water partition coefficient (Wildman–Crippen LogP) is 0.689. The van der Waals surface area contributed by atoms with Crippen LogP contribution in [0.25, 0.3) is 0 Å². The average Bonchev–Trinajstić information content (AvgIpc) is 2.48. The fourth-order valence-corrected chi connectivity index (χ4v) is 1.74. The van der Waals surface area contributed by atoms with Gasteiger partial charge in [-0.05, 0) is 5.41 Å². The summed E-state index contributed by atoms with van der Waals surface area (Å²) in [7, 11) is 0. The Hall–Kier alpha value is -1.10. The van der Waals surface area contributed by atoms with Crippen molar-refractivity contribution in [1.29, 1.82) is 0 Å². The number of urea groups is 1. The fraction of sp³-hybridized carbons (Fsp3) is 0.778. The summed E-state index contributed by atoms with van der Waals surface area (Å²) in [6.07, 6.45) is 2.33. The molecule has 0 saturated carbocycles. The van der Waals surface area contributed by atoms with E-state index in [-0.39, 0.29) is 17.6 Å². The quantitative estimate of drug-likeness (QED) is 0.599. The standard InChI is InChI=1S/C9H16N4O/c1-9(2,3)6-4-7-10-5-11-8(14)13(7)12-6/h5-7,12H,4H2,1-3H3,(H,10,11,14). The summed E-state index contributed by atoms with van der Waals surface area (Å²) < 4.78 is 0. The summed E-state index contributed by atoms with van der Waals surface area (Å²) in [4.78, 5) is 15.6. The topological polar surface area (TPSA) is 56.7 Å². The molecule has 2 amide bonds. The van der Waals surface area contributed by atoms with Gasteiger partial charge in [0.2, 0.25) is 0 Å². The van der Waals surface area contributed by atoms with Crippen molar-refractivity contribution < 1.29 is 4.79 Å². The molecule has 0 aromatic carbocycles. The highest BCUT2D eigenvalue weighted by molar-refractivity contribution is 5.88. The molecule has 78 valence electrons. The van der Waals surface area contributed by atoms with E-state index in [1.165, 1.54) is 6.34 Å². The van der Waals surface area contributed by atoms with Crippen molar-refractivity contribution in [2.24, 2.45) is 10.4 Å². The monoisotopic (exact) mass is 196 g/mol. The van der Waals surface area contributed by atoms with Crippen LogP contribution < -0.4 is 10.7 Å². The summed E-state index contributed by atoms with van der Waals surface area (Å²) in [5, 5.41) is 4.14. The molecule has 2 rings (SSSR count). The largest absolute Gasteiger partial charge is 0.338 e. The molecule has 5 heteroatoms. The van der Waals surface area contributed by atoms with Gasteiger partial charge in [0.1, 0.15) is 6.17 Å². The molecule has 0 aromatic rings. The van der Waals surface area contributed by atoms with Crippen molar-refractivity contribution in [1.82, 2.24) is 15.8 Å². The van der Waals surface area contributed by atoms with Crippen molar-refractivity contribution in [3.05, 3.63) is 0 Å². The highest BCUT2D eigenvalue weighted by Crippen LogP contribution is 2.29. The van der Waals surface area contributed by atoms with E-state index in [9.17, 15) is 4.79 Å². The van der Waals surface area contributed by atoms with E-state index in [0.29, 0.717) is 6.04 Å². The van der Waals surface area contributed by atoms with Crippen LogP contribution in [0.3, 0.4) is 0 Å². The van der Waals surface area contributed by atoms with Crippen LogP contribution in [0, 0.1) is 5.41 Å². The van der Waals surface area contributed by atoms with Crippen molar-refractivity contribution in [2.45, 2.75) is 39.4 Å². The molecule has 2 unspecified atom stereocenters. The average molecular weight is 196 g/mol. The molecule has 2 heterocycles. The van der Waals surface area contributed by atoms with Gasteiger partial charge >= 0.3 is 6.03 Å². The molecular weight excluding hydrogens is 180 g/mol. The van der Waals surface area contributed by atoms with Gasteiger partial charge in [-0.15, -0.1) is 0 Å². The Morgan fingerprint density at radius 1 is 1.57 bits per heavy atom. The number of hydrogen-bond acceptors (Lipinski definition) is 3. The van der Waals surface area contributed by atoms with Crippen LogP contribution in [0.2, 0.25) is 0 Å². The Bertz CT molecular complexity index is 281. The van der Waals surface area contributed by atoms with Crippen LogP contribution in [0.5, 0.6) is 0 Å². The van der Waals surface area contributed by atoms with Crippen LogP contribution in [0.1, 0.15) is 27.2 Å². The molecule has 2 atom stereocenters. The molecule has 0 spiro atoms. The third-order valence-electron chi connectivity index (χ3n) is 2.74. The number of carbonyl (C=O) groups is 1. The minimum absolute atomic E-state index is 0.0343. The summed E-state index contributed by atoms with van der Waals surface area (Å²) in [6.45, 7) is 6.47. The van der Waals surface area contributed by atoms with E-state index in [1.807, 2.05) is 0 Å². The van der Waals surface area contributed by atoms with Gasteiger partial charge in [-0.2, -0.15) is 0 Å². The highest BCUT2D eigenvalue weighted by atomic mass is 16.2. The number of hydrazine groups is 1. The molecule has 1 fully saturated rings. The van der Waals surface area contributed by atoms with Crippen LogP contribution in [-0.2, 0) is 0 Å². The Morgan fingerprint density at radius 2 is 2.29 bits per heavy atom. The van der Waals surface area contributed by atoms with E-state index in [1.54, 1.807) is 5.01 Å². The van der Waals surface area contributed by atoms with Gasteiger partial charge in [-0.1, -0.05) is 20.8 Å². The van der Waals surface area contributed by atoms with Crippen molar-refractivity contribution in [3.63, 3.8) is 0 Å². The predicted molar refractivity (Wildman–Crippen MR) is 53.6 cm³/mol. The van der Waals surface area contributed by atoms with Gasteiger partial charge in [0.15, 0.2) is 0 Å². The zero-order valence-electron chi connectivity index (χ0n) is 8.74. The third kappa shape index (κ3) is 1.48. The number of rotatable bonds is 0. The number of amides is 2. The zero-order valence-corrected chi connectivity index (χ0v) is 8.74. The SMILES string of the molecule is CC(C)(C)C1CC2N=CNC(=O)N2N1. The minimum atomic E-state index is -0.114. The van der Waals surface area contributed by atoms with Crippen LogP contribution in [0.4, 0.5) is 4.79 Å². The first-order valence-corrected chi connectivity index (χ1v) is 4.86. The molecule has 2 aliphatic rings. The van der Waals surface area contributed by atoms with Crippen LogP contribution in [-0.4, -0.2) is 29.6 Å². The lowest BCUT2D eigenvalue weighted by Gasteiger charge is -2.28. The normalized spacial score (nSPS) is 31.6. The molecule has 0 aliphatic carbocycles. The number of fused-ring (bicyclic) bond motifs is 1. The van der Waals surface area contributed by atoms with Gasteiger partial charge in [0, 0.05) is 12.5 Å². The van der Waals surface area contributed by atoms with Crippen LogP contribution in [0.15, 0.2) is 4.99 Å². The highest BCUT2D eigenvalue weighted by Gasteiger charge is 2.41. The first-order chi connectivity index (χ1) is 6.48. The van der Waals surface area contributed by atoms with E-state index in [4.69, 9.17) is 0 Å². The Kier molecular flexibility index (Phi) is 1.99. The Labute approximate surface area is 83.5 Å². The molecule has 5 nitrogen and oxygen atoms in total. The van der Waals surface area contributed by atoms with Gasteiger partial charge in [0.05, 0.1) is 6.34 Å². The Morgan fingerprint density at radius 3 is 2.86 bits per heavy atom. The Balaban J connectivity index is 2.13. The number of nitrogens with zero attached hydrogens (tertiary/aromatic N) is 2. The van der Waals surface area contributed by atoms with Gasteiger partial charge < -0.3 is 0 Å². The summed E-state index contributed by atoms with van der Waals surface area (Å²) in [5.74, 6) is 0. The minimum Gasteiger partial charge on any atom is -0.297 e. The second-order valence-electron chi connectivity index (χ2n) is 4.86. The lowest BCUT2D eigenvalue weighted by atomic mass is 9.85. The number of carbonyl (C=O) groups excluding carboxylic acids is 1. The van der Waals surface area contributed by atoms with E-state index in [0.717, 1.165) is 6.42 Å². The first kappa shape index (κ1) is 9.45. The second kappa shape index (κ2) is 2.95. The van der Waals surface area contributed by atoms with Crippen molar-refractivity contribution in [2.75, 3.05) is 0 Å². The molecule has 0 bridgehead atoms. The fourth-order valence-electron chi connectivity index (χ4n) is 1.74. The molecular formula is C9H16N4O. The second-order valence-corrected chi connectivity index (χ2v) is 4.86. The van der Waals surface area contributed by atoms with E-state index < -0.39 is 0 Å². The lowest BCUT2D eigenvalue weighted by Crippen LogP contribution is -2.52. The number of nitrogens with one attached hydrogen (secondary N) is 2. The molecule has 2 N–H and O–H groups in total. The maximum absolute atomic E-state index is 11.4. The number of hydrogen-bond donors (Lipinski definition) is 2. The van der Waals surface area contributed by atoms with Gasteiger partial charge in [0.25, 0.3) is 0 Å². The molecule has 0 radical (unpaired) electrons. The van der Waals surface area contributed by atoms with E-state index >= 15 is 0 Å². The van der Waals surface area contributed by atoms with Gasteiger partial charge in [-0.25, -0.2) is 20.2 Å². The summed E-state index contributed by atoms with van der Waals surface area (Å²) >= 11 is 0. The van der Waals surface area contributed by atoms with Crippen molar-refractivity contribution in [3.8, 4) is 0 Å². The van der Waals surface area contributed by atoms with Crippen LogP contribution >= 0.6 is 0 Å². The number of aliphatic imine (C=N–C) groups is 1. The smallest absolute Gasteiger partial charge is 0.297 e. The lowest BCUT2D eigenvalue weighted by molar-refractivity contribution is 0.158. The molecule has 14 heavy (non-hydrogen) atoms. The van der Waals surface area contributed by atoms with Gasteiger partial charge in [-0.3, -0.25) is 5.32 Å². The molecule has 2 aliphatic heterocycles. The molecule has 0 aromatic heterocycles. The maximum atomic E-state index is 11.4. The third-order valence-corrected chi connectivity index (χ3v) is 2.74. The zero-order chi connectivity index (χ0) is 10.3. The summed E-state index contributed by atoms with van der Waals surface area (Å²) in [6, 6.07) is 0.185. The van der Waals surface area contributed by atoms with E-state index in [2.05, 4.69) is 36.5 Å². The first-order valence-electron chi connectivity index (χ1n) is 4.86. The maximum Gasteiger partial charge on any atom is 0.338 e. The summed E-state index contributed by atoms with van der Waals surface area (Å²) in [5.41, 5.74) is 3.34.